The molecule has 0 aliphatic carbocycles. The molecule has 1 aromatic heterocycles. The summed E-state index contributed by atoms with van der Waals surface area (Å²) in [5.74, 6) is 0. The molecule has 0 bridgehead atoms. The molecule has 0 saturated heterocycles. The molecular weight excluding hydrogens is 312 g/mol. The van der Waals surface area contributed by atoms with Crippen LogP contribution >= 0.6 is 27.5 Å². The third-order valence-electron chi connectivity index (χ3n) is 2.58. The molecule has 0 amide bonds. The SMILES string of the molecule is CN(Cc1cccc(Br)c1)Cc1ccnc(Cl)c1. The van der Waals surface area contributed by atoms with Gasteiger partial charge < -0.3 is 0 Å². The van der Waals surface area contributed by atoms with Gasteiger partial charge >= 0.3 is 0 Å². The number of halogens is 2. The van der Waals surface area contributed by atoms with E-state index in [1.165, 1.54) is 11.1 Å². The van der Waals surface area contributed by atoms with Crippen LogP contribution in [0.3, 0.4) is 0 Å². The zero-order valence-corrected chi connectivity index (χ0v) is 12.4. The van der Waals surface area contributed by atoms with E-state index < -0.39 is 0 Å². The summed E-state index contributed by atoms with van der Waals surface area (Å²) in [7, 11) is 2.09. The van der Waals surface area contributed by atoms with Crippen molar-refractivity contribution in [1.82, 2.24) is 9.88 Å². The van der Waals surface area contributed by atoms with Crippen LogP contribution in [0, 0.1) is 0 Å². The number of rotatable bonds is 4. The van der Waals surface area contributed by atoms with Crippen LogP contribution in [0.5, 0.6) is 0 Å². The maximum absolute atomic E-state index is 5.87. The highest BCUT2D eigenvalue weighted by Gasteiger charge is 2.03. The molecule has 1 aromatic carbocycles. The van der Waals surface area contributed by atoms with Crippen LogP contribution < -0.4 is 0 Å². The summed E-state index contributed by atoms with van der Waals surface area (Å²) in [6.45, 7) is 1.76. The minimum atomic E-state index is 0.545. The zero-order valence-electron chi connectivity index (χ0n) is 10.1. The number of hydrogen-bond acceptors (Lipinski definition) is 2. The van der Waals surface area contributed by atoms with Gasteiger partial charge in [-0.05, 0) is 42.4 Å². The lowest BCUT2D eigenvalue weighted by molar-refractivity contribution is 0.319. The van der Waals surface area contributed by atoms with Gasteiger partial charge in [-0.25, -0.2) is 4.98 Å². The van der Waals surface area contributed by atoms with Crippen LogP contribution in [-0.2, 0) is 13.1 Å². The van der Waals surface area contributed by atoms with Crippen molar-refractivity contribution in [2.45, 2.75) is 13.1 Å². The minimum Gasteiger partial charge on any atom is -0.298 e. The molecule has 0 unspecified atom stereocenters. The first-order valence-electron chi connectivity index (χ1n) is 5.67. The number of aromatic nitrogens is 1. The molecule has 0 saturated carbocycles. The second-order valence-corrected chi connectivity index (χ2v) is 5.59. The molecule has 0 spiro atoms. The molecule has 2 rings (SSSR count). The first-order chi connectivity index (χ1) is 8.63. The van der Waals surface area contributed by atoms with Crippen molar-refractivity contribution < 1.29 is 0 Å². The van der Waals surface area contributed by atoms with Crippen LogP contribution in [0.25, 0.3) is 0 Å². The first kappa shape index (κ1) is 13.5. The van der Waals surface area contributed by atoms with Crippen molar-refractivity contribution in [3.05, 3.63) is 63.3 Å². The van der Waals surface area contributed by atoms with Gasteiger partial charge in [0, 0.05) is 23.8 Å². The van der Waals surface area contributed by atoms with Gasteiger partial charge in [0.2, 0.25) is 0 Å². The fourth-order valence-corrected chi connectivity index (χ4v) is 2.50. The fraction of sp³-hybridized carbons (Fsp3) is 0.214. The summed E-state index contributed by atoms with van der Waals surface area (Å²) in [5.41, 5.74) is 2.46. The largest absolute Gasteiger partial charge is 0.298 e. The van der Waals surface area contributed by atoms with Gasteiger partial charge in [0.15, 0.2) is 0 Å². The van der Waals surface area contributed by atoms with Crippen LogP contribution in [-0.4, -0.2) is 16.9 Å². The lowest BCUT2D eigenvalue weighted by Crippen LogP contribution is -2.17. The lowest BCUT2D eigenvalue weighted by Gasteiger charge is -2.17. The van der Waals surface area contributed by atoms with E-state index in [4.69, 9.17) is 11.6 Å². The lowest BCUT2D eigenvalue weighted by atomic mass is 10.2. The molecule has 1 heterocycles. The predicted molar refractivity (Wildman–Crippen MR) is 78.6 cm³/mol. The van der Waals surface area contributed by atoms with E-state index in [0.29, 0.717) is 5.15 Å². The number of hydrogen-bond donors (Lipinski definition) is 0. The van der Waals surface area contributed by atoms with E-state index in [0.717, 1.165) is 17.6 Å². The van der Waals surface area contributed by atoms with Crippen LogP contribution in [0.1, 0.15) is 11.1 Å². The highest BCUT2D eigenvalue weighted by atomic mass is 79.9. The fourth-order valence-electron chi connectivity index (χ4n) is 1.86. The summed E-state index contributed by atoms with van der Waals surface area (Å²) in [6, 6.07) is 12.2. The van der Waals surface area contributed by atoms with Crippen molar-refractivity contribution in [3.63, 3.8) is 0 Å². The van der Waals surface area contributed by atoms with E-state index in [-0.39, 0.29) is 0 Å². The van der Waals surface area contributed by atoms with E-state index in [1.54, 1.807) is 6.20 Å². The van der Waals surface area contributed by atoms with E-state index in [9.17, 15) is 0 Å². The molecule has 2 aromatic rings. The minimum absolute atomic E-state index is 0.545. The van der Waals surface area contributed by atoms with Crippen molar-refractivity contribution in [3.8, 4) is 0 Å². The number of benzene rings is 1. The maximum atomic E-state index is 5.87. The van der Waals surface area contributed by atoms with E-state index in [1.807, 2.05) is 18.2 Å². The van der Waals surface area contributed by atoms with Gasteiger partial charge in [0.25, 0.3) is 0 Å². The second kappa shape index (κ2) is 6.32. The van der Waals surface area contributed by atoms with E-state index in [2.05, 4.69) is 51.1 Å². The Bertz CT molecular complexity index is 483. The number of nitrogens with zero attached hydrogens (tertiary/aromatic N) is 2. The quantitative estimate of drug-likeness (QED) is 0.786. The average molecular weight is 326 g/mol. The third kappa shape index (κ3) is 4.09. The maximum Gasteiger partial charge on any atom is 0.129 e. The molecule has 4 heteroatoms. The van der Waals surface area contributed by atoms with Gasteiger partial charge in [-0.1, -0.05) is 39.7 Å². The van der Waals surface area contributed by atoms with Gasteiger partial charge in [-0.3, -0.25) is 4.90 Å². The predicted octanol–water partition coefficient (Wildman–Crippen LogP) is 4.13. The van der Waals surface area contributed by atoms with Crippen LogP contribution in [0.15, 0.2) is 47.1 Å². The average Bonchev–Trinajstić information content (AvgIpc) is 2.28. The molecule has 94 valence electrons. The Morgan fingerprint density at radius 2 is 1.89 bits per heavy atom. The standard InChI is InChI=1S/C14H14BrClN2/c1-18(9-11-3-2-4-13(15)7-11)10-12-5-6-17-14(16)8-12/h2-8H,9-10H2,1H3. The number of pyridine rings is 1. The van der Waals surface area contributed by atoms with E-state index >= 15 is 0 Å². The van der Waals surface area contributed by atoms with Gasteiger partial charge in [0.1, 0.15) is 5.15 Å². The van der Waals surface area contributed by atoms with Crippen molar-refractivity contribution >= 4 is 27.5 Å². The zero-order chi connectivity index (χ0) is 13.0. The molecular formula is C14H14BrClN2. The first-order valence-corrected chi connectivity index (χ1v) is 6.84. The Labute approximate surface area is 121 Å². The van der Waals surface area contributed by atoms with Crippen LogP contribution in [0.4, 0.5) is 0 Å². The Hall–Kier alpha value is -0.900. The molecule has 0 radical (unpaired) electrons. The van der Waals surface area contributed by atoms with Crippen molar-refractivity contribution in [2.75, 3.05) is 7.05 Å². The molecule has 0 N–H and O–H groups in total. The Kier molecular flexibility index (Phi) is 4.75. The Morgan fingerprint density at radius 3 is 2.56 bits per heavy atom. The van der Waals surface area contributed by atoms with Crippen molar-refractivity contribution in [1.29, 1.82) is 0 Å². The molecule has 0 fully saturated rings. The smallest absolute Gasteiger partial charge is 0.129 e. The molecule has 2 nitrogen and oxygen atoms in total. The van der Waals surface area contributed by atoms with Crippen molar-refractivity contribution in [2.24, 2.45) is 0 Å². The summed E-state index contributed by atoms with van der Waals surface area (Å²) in [4.78, 5) is 6.23. The highest BCUT2D eigenvalue weighted by molar-refractivity contribution is 9.10. The molecule has 18 heavy (non-hydrogen) atoms. The monoisotopic (exact) mass is 324 g/mol. The van der Waals surface area contributed by atoms with Gasteiger partial charge in [-0.15, -0.1) is 0 Å². The van der Waals surface area contributed by atoms with Gasteiger partial charge in [-0.2, -0.15) is 0 Å². The highest BCUT2D eigenvalue weighted by Crippen LogP contribution is 2.15. The normalized spacial score (nSPS) is 10.9. The summed E-state index contributed by atoms with van der Waals surface area (Å²) in [5, 5.41) is 0.545. The third-order valence-corrected chi connectivity index (χ3v) is 3.28. The van der Waals surface area contributed by atoms with Crippen LogP contribution in [0.2, 0.25) is 5.15 Å². The molecule has 0 aliphatic rings. The second-order valence-electron chi connectivity index (χ2n) is 4.29. The Balaban J connectivity index is 1.98. The van der Waals surface area contributed by atoms with Gasteiger partial charge in [0.05, 0.1) is 0 Å². The topological polar surface area (TPSA) is 16.1 Å². The molecule has 0 atom stereocenters. The summed E-state index contributed by atoms with van der Waals surface area (Å²) in [6.07, 6.45) is 1.74. The Morgan fingerprint density at radius 1 is 1.17 bits per heavy atom. The summed E-state index contributed by atoms with van der Waals surface area (Å²) >= 11 is 9.36. The summed E-state index contributed by atoms with van der Waals surface area (Å²) < 4.78 is 1.11. The molecule has 0 aliphatic heterocycles.